The van der Waals surface area contributed by atoms with Gasteiger partial charge in [-0.2, -0.15) is 0 Å². The summed E-state index contributed by atoms with van der Waals surface area (Å²) in [4.78, 5) is 0. The molecule has 0 aliphatic heterocycles. The molecule has 2 heteroatoms. The maximum absolute atomic E-state index is 9.44. The lowest BCUT2D eigenvalue weighted by Gasteiger charge is -2.23. The molecule has 66 valence electrons. The zero-order chi connectivity index (χ0) is 9.02. The molecule has 0 fully saturated rings. The molecule has 11 heavy (non-hydrogen) atoms. The van der Waals surface area contributed by atoms with Gasteiger partial charge < -0.3 is 10.2 Å². The van der Waals surface area contributed by atoms with E-state index in [4.69, 9.17) is 0 Å². The van der Waals surface area contributed by atoms with E-state index in [1.165, 1.54) is 0 Å². The lowest BCUT2D eigenvalue weighted by Crippen LogP contribution is -2.29. The Bertz CT molecular complexity index is 132. The molecule has 0 aliphatic rings. The summed E-state index contributed by atoms with van der Waals surface area (Å²) in [5, 5.41) is 18.8. The minimum atomic E-state index is -0.579. The van der Waals surface area contributed by atoms with Crippen LogP contribution < -0.4 is 0 Å². The molecular weight excluding hydrogens is 140 g/mol. The number of hydrogen-bond donors (Lipinski definition) is 2. The zero-order valence-electron chi connectivity index (χ0n) is 7.54. The molecule has 0 aromatic carbocycles. The van der Waals surface area contributed by atoms with Crippen LogP contribution in [0.5, 0.6) is 0 Å². The second-order valence-electron chi connectivity index (χ2n) is 3.13. The van der Waals surface area contributed by atoms with Gasteiger partial charge in [0, 0.05) is 5.92 Å². The van der Waals surface area contributed by atoms with Crippen LogP contribution in [0.4, 0.5) is 0 Å². The molecule has 0 aliphatic carbocycles. The van der Waals surface area contributed by atoms with Crippen molar-refractivity contribution in [2.24, 2.45) is 5.92 Å². The lowest BCUT2D eigenvalue weighted by atomic mass is 9.93. The van der Waals surface area contributed by atoms with E-state index < -0.39 is 12.2 Å². The Morgan fingerprint density at radius 3 is 2.18 bits per heavy atom. The Balaban J connectivity index is 4.00. The highest BCUT2D eigenvalue weighted by Crippen LogP contribution is 2.16. The van der Waals surface area contributed by atoms with Gasteiger partial charge in [-0.15, -0.1) is 0 Å². The average Bonchev–Trinajstić information content (AvgIpc) is 2.00. The molecule has 3 atom stereocenters. The van der Waals surface area contributed by atoms with E-state index >= 15 is 0 Å². The summed E-state index contributed by atoms with van der Waals surface area (Å²) < 4.78 is 0. The van der Waals surface area contributed by atoms with E-state index in [0.29, 0.717) is 12.0 Å². The third-order valence-electron chi connectivity index (χ3n) is 2.03. The SMILES string of the molecule is C=C(C)C(O)C(C)C(O)CC. The molecule has 0 bridgehead atoms. The van der Waals surface area contributed by atoms with Crippen molar-refractivity contribution < 1.29 is 10.2 Å². The van der Waals surface area contributed by atoms with Crippen molar-refractivity contribution in [3.05, 3.63) is 12.2 Å². The molecule has 0 saturated heterocycles. The normalized spacial score (nSPS) is 19.0. The van der Waals surface area contributed by atoms with Gasteiger partial charge >= 0.3 is 0 Å². The van der Waals surface area contributed by atoms with Crippen LogP contribution in [-0.2, 0) is 0 Å². The third kappa shape index (κ3) is 3.04. The predicted molar refractivity (Wildman–Crippen MR) is 46.3 cm³/mol. The van der Waals surface area contributed by atoms with Crippen LogP contribution in [0.25, 0.3) is 0 Å². The van der Waals surface area contributed by atoms with Crippen LogP contribution in [0.15, 0.2) is 12.2 Å². The van der Waals surface area contributed by atoms with Crippen molar-refractivity contribution in [2.75, 3.05) is 0 Å². The van der Waals surface area contributed by atoms with Crippen LogP contribution in [0, 0.1) is 5.92 Å². The van der Waals surface area contributed by atoms with E-state index in [2.05, 4.69) is 6.58 Å². The molecule has 0 radical (unpaired) electrons. The van der Waals surface area contributed by atoms with Gasteiger partial charge in [0.25, 0.3) is 0 Å². The zero-order valence-corrected chi connectivity index (χ0v) is 7.54. The molecule has 0 saturated carbocycles. The Kier molecular flexibility index (Phi) is 4.38. The summed E-state index contributed by atoms with van der Waals surface area (Å²) in [6.07, 6.45) is -0.336. The predicted octanol–water partition coefficient (Wildman–Crippen LogP) is 1.33. The smallest absolute Gasteiger partial charge is 0.0794 e. The summed E-state index contributed by atoms with van der Waals surface area (Å²) >= 11 is 0. The topological polar surface area (TPSA) is 40.5 Å². The summed E-state index contributed by atoms with van der Waals surface area (Å²) in [7, 11) is 0. The molecular formula is C9H18O2. The first-order valence-electron chi connectivity index (χ1n) is 4.02. The third-order valence-corrected chi connectivity index (χ3v) is 2.03. The largest absolute Gasteiger partial charge is 0.393 e. The first-order chi connectivity index (χ1) is 5.00. The number of hydrogen-bond acceptors (Lipinski definition) is 2. The van der Waals surface area contributed by atoms with Gasteiger partial charge in [0.2, 0.25) is 0 Å². The lowest BCUT2D eigenvalue weighted by molar-refractivity contribution is 0.0380. The molecule has 0 spiro atoms. The fourth-order valence-corrected chi connectivity index (χ4v) is 1.03. The summed E-state index contributed by atoms with van der Waals surface area (Å²) in [5.74, 6) is -0.113. The Morgan fingerprint density at radius 2 is 1.91 bits per heavy atom. The van der Waals surface area contributed by atoms with Crippen LogP contribution in [-0.4, -0.2) is 22.4 Å². The Hall–Kier alpha value is -0.340. The van der Waals surface area contributed by atoms with Gasteiger partial charge in [-0.25, -0.2) is 0 Å². The van der Waals surface area contributed by atoms with Gasteiger partial charge in [-0.05, 0) is 13.3 Å². The molecule has 0 rings (SSSR count). The second-order valence-corrected chi connectivity index (χ2v) is 3.13. The van der Waals surface area contributed by atoms with E-state index in [0.717, 1.165) is 0 Å². The first kappa shape index (κ1) is 10.7. The van der Waals surface area contributed by atoms with Crippen molar-refractivity contribution in [3.8, 4) is 0 Å². The minimum absolute atomic E-state index is 0.113. The van der Waals surface area contributed by atoms with E-state index in [1.54, 1.807) is 6.92 Å². The molecule has 0 aromatic rings. The Morgan fingerprint density at radius 1 is 1.45 bits per heavy atom. The van der Waals surface area contributed by atoms with Crippen molar-refractivity contribution in [1.29, 1.82) is 0 Å². The van der Waals surface area contributed by atoms with E-state index in [-0.39, 0.29) is 5.92 Å². The van der Waals surface area contributed by atoms with Gasteiger partial charge in [0.05, 0.1) is 12.2 Å². The Labute approximate surface area is 68.6 Å². The van der Waals surface area contributed by atoms with Gasteiger partial charge in [0.15, 0.2) is 0 Å². The average molecular weight is 158 g/mol. The summed E-state index contributed by atoms with van der Waals surface area (Å²) in [5.41, 5.74) is 0.713. The second kappa shape index (κ2) is 4.52. The first-order valence-corrected chi connectivity index (χ1v) is 4.02. The van der Waals surface area contributed by atoms with Crippen molar-refractivity contribution in [2.45, 2.75) is 39.4 Å². The van der Waals surface area contributed by atoms with Crippen molar-refractivity contribution in [1.82, 2.24) is 0 Å². The monoisotopic (exact) mass is 158 g/mol. The highest BCUT2D eigenvalue weighted by molar-refractivity contribution is 4.99. The van der Waals surface area contributed by atoms with E-state index in [9.17, 15) is 10.2 Å². The molecule has 3 unspecified atom stereocenters. The number of aliphatic hydroxyl groups is 2. The molecule has 2 nitrogen and oxygen atoms in total. The standard InChI is InChI=1S/C9H18O2/c1-5-8(10)7(4)9(11)6(2)3/h7-11H,2,5H2,1,3-4H3. The van der Waals surface area contributed by atoms with Gasteiger partial charge in [-0.3, -0.25) is 0 Å². The van der Waals surface area contributed by atoms with E-state index in [1.807, 2.05) is 13.8 Å². The molecule has 0 amide bonds. The maximum Gasteiger partial charge on any atom is 0.0794 e. The fourth-order valence-electron chi connectivity index (χ4n) is 1.03. The van der Waals surface area contributed by atoms with Crippen molar-refractivity contribution in [3.63, 3.8) is 0 Å². The summed E-state index contributed by atoms with van der Waals surface area (Å²) in [6.45, 7) is 9.12. The highest BCUT2D eigenvalue weighted by atomic mass is 16.3. The van der Waals surface area contributed by atoms with Crippen molar-refractivity contribution >= 4 is 0 Å². The quantitative estimate of drug-likeness (QED) is 0.606. The molecule has 2 N–H and O–H groups in total. The number of rotatable bonds is 4. The van der Waals surface area contributed by atoms with Gasteiger partial charge in [0.1, 0.15) is 0 Å². The van der Waals surface area contributed by atoms with Crippen LogP contribution in [0.2, 0.25) is 0 Å². The minimum Gasteiger partial charge on any atom is -0.393 e. The van der Waals surface area contributed by atoms with Crippen LogP contribution in [0.1, 0.15) is 27.2 Å². The molecule has 0 aromatic heterocycles. The highest BCUT2D eigenvalue weighted by Gasteiger charge is 2.20. The number of aliphatic hydroxyl groups excluding tert-OH is 2. The summed E-state index contributed by atoms with van der Waals surface area (Å²) in [6, 6.07) is 0. The van der Waals surface area contributed by atoms with Gasteiger partial charge in [-0.1, -0.05) is 26.0 Å². The fraction of sp³-hybridized carbons (Fsp3) is 0.778. The molecule has 0 heterocycles. The van der Waals surface area contributed by atoms with Crippen LogP contribution >= 0.6 is 0 Å². The maximum atomic E-state index is 9.44. The van der Waals surface area contributed by atoms with Crippen LogP contribution in [0.3, 0.4) is 0 Å².